The quantitative estimate of drug-likeness (QED) is 0.739. The van der Waals surface area contributed by atoms with Crippen LogP contribution in [0.5, 0.6) is 0 Å². The monoisotopic (exact) mass is 327 g/mol. The van der Waals surface area contributed by atoms with E-state index < -0.39 is 0 Å². The molecular formula is C18H30ClNS. The summed E-state index contributed by atoms with van der Waals surface area (Å²) in [7, 11) is 0. The molecule has 0 aromatic carbocycles. The van der Waals surface area contributed by atoms with Crippen LogP contribution in [0.1, 0.15) is 58.8 Å². The van der Waals surface area contributed by atoms with Gasteiger partial charge in [0.25, 0.3) is 0 Å². The van der Waals surface area contributed by atoms with Crippen molar-refractivity contribution in [1.29, 1.82) is 0 Å². The number of halogens is 1. The van der Waals surface area contributed by atoms with Crippen molar-refractivity contribution in [3.8, 4) is 0 Å². The van der Waals surface area contributed by atoms with Gasteiger partial charge in [-0.15, -0.1) is 11.3 Å². The van der Waals surface area contributed by atoms with Crippen LogP contribution in [0.25, 0.3) is 0 Å². The van der Waals surface area contributed by atoms with Gasteiger partial charge in [-0.1, -0.05) is 25.4 Å². The van der Waals surface area contributed by atoms with E-state index in [4.69, 9.17) is 11.6 Å². The van der Waals surface area contributed by atoms with Gasteiger partial charge in [-0.25, -0.2) is 0 Å². The zero-order valence-electron chi connectivity index (χ0n) is 14.1. The van der Waals surface area contributed by atoms with Gasteiger partial charge in [-0.2, -0.15) is 0 Å². The summed E-state index contributed by atoms with van der Waals surface area (Å²) in [6, 6.07) is 4.25. The summed E-state index contributed by atoms with van der Waals surface area (Å²) in [6.07, 6.45) is 5.22. The van der Waals surface area contributed by atoms with Gasteiger partial charge in [-0.3, -0.25) is 0 Å². The second-order valence-corrected chi connectivity index (χ2v) is 10.3. The van der Waals surface area contributed by atoms with Gasteiger partial charge in [0.2, 0.25) is 0 Å². The lowest BCUT2D eigenvalue weighted by molar-refractivity contribution is 0.112. The molecule has 2 unspecified atom stereocenters. The molecule has 0 spiro atoms. The predicted octanol–water partition coefficient (Wildman–Crippen LogP) is 5.77. The Morgan fingerprint density at radius 3 is 2.57 bits per heavy atom. The number of thiophene rings is 1. The lowest BCUT2D eigenvalue weighted by Crippen LogP contribution is -2.43. The first-order valence-electron chi connectivity index (χ1n) is 8.14. The third-order valence-electron chi connectivity index (χ3n) is 4.66. The third kappa shape index (κ3) is 5.58. The Hall–Kier alpha value is -0.0500. The van der Waals surface area contributed by atoms with Crippen molar-refractivity contribution in [3.05, 3.63) is 21.3 Å². The van der Waals surface area contributed by atoms with Crippen LogP contribution in [-0.4, -0.2) is 12.1 Å². The number of hydrogen-bond acceptors (Lipinski definition) is 2. The largest absolute Gasteiger partial charge is 0.312 e. The molecule has 120 valence electrons. The van der Waals surface area contributed by atoms with Gasteiger partial charge in [0, 0.05) is 10.4 Å². The van der Waals surface area contributed by atoms with Crippen molar-refractivity contribution in [2.45, 2.75) is 65.8 Å². The molecule has 1 saturated carbocycles. The van der Waals surface area contributed by atoms with E-state index in [1.807, 2.05) is 6.07 Å². The van der Waals surface area contributed by atoms with E-state index in [-0.39, 0.29) is 5.54 Å². The molecule has 2 rings (SSSR count). The van der Waals surface area contributed by atoms with Crippen molar-refractivity contribution in [2.24, 2.45) is 17.3 Å². The van der Waals surface area contributed by atoms with Crippen LogP contribution in [0.4, 0.5) is 0 Å². The molecule has 1 heterocycles. The average Bonchev–Trinajstić information content (AvgIpc) is 2.71. The highest BCUT2D eigenvalue weighted by atomic mass is 35.5. The minimum absolute atomic E-state index is 0.212. The molecule has 1 aliphatic rings. The van der Waals surface area contributed by atoms with Gasteiger partial charge in [-0.05, 0) is 82.4 Å². The first-order chi connectivity index (χ1) is 9.65. The Balaban J connectivity index is 2.03. The maximum absolute atomic E-state index is 6.10. The zero-order valence-corrected chi connectivity index (χ0v) is 15.7. The third-order valence-corrected chi connectivity index (χ3v) is 5.91. The molecule has 0 bridgehead atoms. The Morgan fingerprint density at radius 1 is 1.29 bits per heavy atom. The predicted molar refractivity (Wildman–Crippen MR) is 95.4 cm³/mol. The summed E-state index contributed by atoms with van der Waals surface area (Å²) in [5, 5.41) is 3.72. The van der Waals surface area contributed by atoms with Crippen molar-refractivity contribution in [2.75, 3.05) is 6.54 Å². The second-order valence-electron chi connectivity index (χ2n) is 8.47. The van der Waals surface area contributed by atoms with Crippen molar-refractivity contribution in [3.63, 3.8) is 0 Å². The van der Waals surface area contributed by atoms with Gasteiger partial charge in [0.15, 0.2) is 0 Å². The Bertz CT molecular complexity index is 458. The lowest BCUT2D eigenvalue weighted by Gasteiger charge is -2.42. The molecule has 0 aliphatic heterocycles. The summed E-state index contributed by atoms with van der Waals surface area (Å²) in [6.45, 7) is 12.8. The molecule has 1 nitrogen and oxygen atoms in total. The normalized spacial score (nSPS) is 26.0. The molecular weight excluding hydrogens is 298 g/mol. The van der Waals surface area contributed by atoms with Crippen molar-refractivity contribution >= 4 is 22.9 Å². The number of hydrogen-bond donors (Lipinski definition) is 1. The lowest BCUT2D eigenvalue weighted by atomic mass is 9.66. The molecule has 0 saturated heterocycles. The molecule has 1 aromatic heterocycles. The van der Waals surface area contributed by atoms with Gasteiger partial charge >= 0.3 is 0 Å². The summed E-state index contributed by atoms with van der Waals surface area (Å²) in [5.41, 5.74) is 0.702. The van der Waals surface area contributed by atoms with Crippen LogP contribution in [0, 0.1) is 17.3 Å². The SMILES string of the molecule is CC1(C)CCC(CNC(C)(C)C)C(Cc2ccc(Cl)s2)C1. The van der Waals surface area contributed by atoms with Gasteiger partial charge < -0.3 is 5.32 Å². The standard InChI is InChI=1S/C18H30ClNS/c1-17(2,3)20-12-13-8-9-18(4,5)11-14(13)10-15-6-7-16(19)21-15/h6-7,13-14,20H,8-12H2,1-5H3. The van der Waals surface area contributed by atoms with Crippen LogP contribution in [0.2, 0.25) is 4.34 Å². The zero-order chi connectivity index (χ0) is 15.7. The Morgan fingerprint density at radius 2 is 2.00 bits per heavy atom. The highest BCUT2D eigenvalue weighted by Crippen LogP contribution is 2.43. The molecule has 1 aromatic rings. The minimum Gasteiger partial charge on any atom is -0.312 e. The summed E-state index contributed by atoms with van der Waals surface area (Å²) in [5.74, 6) is 1.57. The van der Waals surface area contributed by atoms with E-state index in [9.17, 15) is 0 Å². The van der Waals surface area contributed by atoms with E-state index in [0.717, 1.165) is 22.7 Å². The Kier molecular flexibility index (Phi) is 5.44. The van der Waals surface area contributed by atoms with Crippen molar-refractivity contribution in [1.82, 2.24) is 5.32 Å². The second kappa shape index (κ2) is 6.60. The highest BCUT2D eigenvalue weighted by molar-refractivity contribution is 7.16. The molecule has 2 atom stereocenters. The molecule has 0 radical (unpaired) electrons. The first-order valence-corrected chi connectivity index (χ1v) is 9.33. The van der Waals surface area contributed by atoms with E-state index in [1.165, 1.54) is 30.6 Å². The van der Waals surface area contributed by atoms with Gasteiger partial charge in [0.05, 0.1) is 4.34 Å². The fraction of sp³-hybridized carbons (Fsp3) is 0.778. The van der Waals surface area contributed by atoms with Crippen LogP contribution in [0.3, 0.4) is 0 Å². The summed E-state index contributed by atoms with van der Waals surface area (Å²) in [4.78, 5) is 1.45. The van der Waals surface area contributed by atoms with Crippen LogP contribution in [0.15, 0.2) is 12.1 Å². The number of rotatable bonds is 4. The van der Waals surface area contributed by atoms with E-state index in [2.05, 4.69) is 46.0 Å². The summed E-state index contributed by atoms with van der Waals surface area (Å²) < 4.78 is 0.921. The molecule has 0 amide bonds. The minimum atomic E-state index is 0.212. The average molecular weight is 328 g/mol. The maximum atomic E-state index is 6.10. The fourth-order valence-electron chi connectivity index (χ4n) is 3.46. The molecule has 1 fully saturated rings. The van der Waals surface area contributed by atoms with Gasteiger partial charge in [0.1, 0.15) is 0 Å². The van der Waals surface area contributed by atoms with E-state index in [0.29, 0.717) is 5.41 Å². The number of nitrogens with one attached hydrogen (secondary N) is 1. The fourth-order valence-corrected chi connectivity index (χ4v) is 4.64. The maximum Gasteiger partial charge on any atom is 0.0931 e. The molecule has 3 heteroatoms. The van der Waals surface area contributed by atoms with Crippen LogP contribution < -0.4 is 5.32 Å². The molecule has 21 heavy (non-hydrogen) atoms. The van der Waals surface area contributed by atoms with E-state index in [1.54, 1.807) is 11.3 Å². The van der Waals surface area contributed by atoms with Crippen LogP contribution >= 0.6 is 22.9 Å². The van der Waals surface area contributed by atoms with E-state index >= 15 is 0 Å². The Labute approximate surface area is 139 Å². The summed E-state index contributed by atoms with van der Waals surface area (Å²) >= 11 is 7.85. The highest BCUT2D eigenvalue weighted by Gasteiger charge is 2.35. The smallest absolute Gasteiger partial charge is 0.0931 e. The molecule has 1 aliphatic carbocycles. The van der Waals surface area contributed by atoms with Crippen molar-refractivity contribution < 1.29 is 0 Å². The first kappa shape index (κ1) is 17.3. The topological polar surface area (TPSA) is 12.0 Å². The molecule has 1 N–H and O–H groups in total. The van der Waals surface area contributed by atoms with Crippen LogP contribution in [-0.2, 0) is 6.42 Å².